The van der Waals surface area contributed by atoms with E-state index in [0.717, 1.165) is 78.5 Å². The van der Waals surface area contributed by atoms with Gasteiger partial charge in [0, 0.05) is 73.8 Å². The van der Waals surface area contributed by atoms with Gasteiger partial charge in [0.15, 0.2) is 5.01 Å². The van der Waals surface area contributed by atoms with Crippen molar-refractivity contribution >= 4 is 23.2 Å². The SMILES string of the molecule is CN1CCN(C(=O)C2CCN(C(=O)c3nc4c(s3)CCOc3cc(-c5cn[nH]c5)ccc3-4)CC2)CC1. The molecule has 2 amide bonds. The number of likely N-dealkylation sites (tertiary alicyclic amines) is 1. The second kappa shape index (κ2) is 9.67. The molecule has 6 rings (SSSR count). The Balaban J connectivity index is 1.15. The summed E-state index contributed by atoms with van der Waals surface area (Å²) < 4.78 is 6.04. The highest BCUT2D eigenvalue weighted by molar-refractivity contribution is 7.14. The number of fused-ring (bicyclic) bond motifs is 3. The molecule has 3 aromatic rings. The van der Waals surface area contributed by atoms with Gasteiger partial charge in [-0.15, -0.1) is 11.3 Å². The third-order valence-electron chi connectivity index (χ3n) is 7.48. The van der Waals surface area contributed by atoms with E-state index in [2.05, 4.69) is 22.1 Å². The minimum absolute atomic E-state index is 0.0129. The molecule has 0 unspecified atom stereocenters. The van der Waals surface area contributed by atoms with Gasteiger partial charge in [-0.3, -0.25) is 14.7 Å². The van der Waals surface area contributed by atoms with Crippen molar-refractivity contribution in [2.24, 2.45) is 5.92 Å². The van der Waals surface area contributed by atoms with Crippen molar-refractivity contribution in [3.8, 4) is 28.1 Å². The maximum atomic E-state index is 13.4. The maximum absolute atomic E-state index is 13.4. The van der Waals surface area contributed by atoms with E-state index in [9.17, 15) is 9.59 Å². The van der Waals surface area contributed by atoms with Crippen LogP contribution in [0.3, 0.4) is 0 Å². The lowest BCUT2D eigenvalue weighted by Gasteiger charge is -2.37. The van der Waals surface area contributed by atoms with Gasteiger partial charge in [0.2, 0.25) is 5.91 Å². The summed E-state index contributed by atoms with van der Waals surface area (Å²) in [5.41, 5.74) is 3.78. The quantitative estimate of drug-likeness (QED) is 0.587. The van der Waals surface area contributed by atoms with E-state index >= 15 is 0 Å². The number of aromatic nitrogens is 3. The Bertz CT molecular complexity index is 1260. The topological polar surface area (TPSA) is 94.7 Å². The van der Waals surface area contributed by atoms with Crippen molar-refractivity contribution in [3.63, 3.8) is 0 Å². The van der Waals surface area contributed by atoms with Crippen LogP contribution in [0.5, 0.6) is 5.75 Å². The number of aromatic amines is 1. The molecule has 0 atom stereocenters. The van der Waals surface area contributed by atoms with Crippen LogP contribution in [0, 0.1) is 5.92 Å². The van der Waals surface area contributed by atoms with Gasteiger partial charge in [-0.25, -0.2) is 4.98 Å². The minimum Gasteiger partial charge on any atom is -0.492 e. The third-order valence-corrected chi connectivity index (χ3v) is 8.58. The van der Waals surface area contributed by atoms with E-state index in [1.807, 2.05) is 34.2 Å². The molecule has 0 radical (unpaired) electrons. The first-order valence-electron chi connectivity index (χ1n) is 12.6. The fourth-order valence-corrected chi connectivity index (χ4v) is 6.28. The zero-order valence-electron chi connectivity index (χ0n) is 20.4. The van der Waals surface area contributed by atoms with E-state index in [1.165, 1.54) is 11.3 Å². The summed E-state index contributed by atoms with van der Waals surface area (Å²) in [6.07, 6.45) is 5.79. The summed E-state index contributed by atoms with van der Waals surface area (Å²) in [6, 6.07) is 6.06. The molecule has 36 heavy (non-hydrogen) atoms. The van der Waals surface area contributed by atoms with E-state index < -0.39 is 0 Å². The molecule has 0 aliphatic carbocycles. The third kappa shape index (κ3) is 4.39. The van der Waals surface area contributed by atoms with Gasteiger partial charge < -0.3 is 19.4 Å². The number of hydrogen-bond donors (Lipinski definition) is 1. The first-order valence-corrected chi connectivity index (χ1v) is 13.4. The molecule has 2 aromatic heterocycles. The molecular formula is C26H30N6O3S. The molecule has 2 fully saturated rings. The number of H-pyrrole nitrogens is 1. The van der Waals surface area contributed by atoms with Crippen molar-refractivity contribution in [1.29, 1.82) is 0 Å². The Morgan fingerprint density at radius 2 is 1.86 bits per heavy atom. The van der Waals surface area contributed by atoms with Crippen LogP contribution in [0.2, 0.25) is 0 Å². The Hall–Kier alpha value is -3.24. The van der Waals surface area contributed by atoms with E-state index in [0.29, 0.717) is 24.7 Å². The molecule has 3 aliphatic rings. The van der Waals surface area contributed by atoms with Crippen molar-refractivity contribution < 1.29 is 14.3 Å². The van der Waals surface area contributed by atoms with Crippen LogP contribution in [0.15, 0.2) is 30.6 Å². The van der Waals surface area contributed by atoms with Crippen LogP contribution in [0.25, 0.3) is 22.4 Å². The Labute approximate surface area is 214 Å². The molecular weight excluding hydrogens is 476 g/mol. The number of hydrogen-bond acceptors (Lipinski definition) is 7. The number of benzene rings is 1. The highest BCUT2D eigenvalue weighted by Gasteiger charge is 2.33. The van der Waals surface area contributed by atoms with Crippen molar-refractivity contribution in [2.45, 2.75) is 19.3 Å². The summed E-state index contributed by atoms with van der Waals surface area (Å²) in [7, 11) is 2.09. The molecule has 0 saturated carbocycles. The van der Waals surface area contributed by atoms with Crippen LogP contribution in [0.1, 0.15) is 27.5 Å². The smallest absolute Gasteiger partial charge is 0.282 e. The number of piperidine rings is 1. The van der Waals surface area contributed by atoms with Gasteiger partial charge >= 0.3 is 0 Å². The van der Waals surface area contributed by atoms with Gasteiger partial charge in [0.1, 0.15) is 5.75 Å². The lowest BCUT2D eigenvalue weighted by Crippen LogP contribution is -2.51. The normalized spacial score (nSPS) is 18.8. The number of ether oxygens (including phenoxy) is 1. The first kappa shape index (κ1) is 23.2. The van der Waals surface area contributed by atoms with Crippen LogP contribution in [0.4, 0.5) is 0 Å². The fraction of sp³-hybridized carbons (Fsp3) is 0.462. The van der Waals surface area contributed by atoms with E-state index in [4.69, 9.17) is 9.72 Å². The number of carbonyl (C=O) groups excluding carboxylic acids is 2. The number of likely N-dealkylation sites (N-methyl/N-ethyl adjacent to an activating group) is 1. The number of thiazole rings is 1. The number of nitrogens with one attached hydrogen (secondary N) is 1. The number of carbonyl (C=O) groups is 2. The van der Waals surface area contributed by atoms with Gasteiger partial charge in [-0.1, -0.05) is 6.07 Å². The second-order valence-electron chi connectivity index (χ2n) is 9.78. The summed E-state index contributed by atoms with van der Waals surface area (Å²) >= 11 is 1.47. The Morgan fingerprint density at radius 1 is 1.06 bits per heavy atom. The van der Waals surface area contributed by atoms with Gasteiger partial charge in [0.25, 0.3) is 5.91 Å². The fourth-order valence-electron chi connectivity index (χ4n) is 5.25. The molecule has 2 saturated heterocycles. The van der Waals surface area contributed by atoms with Crippen LogP contribution >= 0.6 is 11.3 Å². The van der Waals surface area contributed by atoms with Gasteiger partial charge in [0.05, 0.1) is 18.5 Å². The van der Waals surface area contributed by atoms with Crippen molar-refractivity contribution in [1.82, 2.24) is 29.9 Å². The number of amides is 2. The molecule has 0 spiro atoms. The summed E-state index contributed by atoms with van der Waals surface area (Å²) in [4.78, 5) is 38.3. The average Bonchev–Trinajstić information content (AvgIpc) is 3.56. The Morgan fingerprint density at radius 3 is 2.61 bits per heavy atom. The highest BCUT2D eigenvalue weighted by atomic mass is 32.1. The predicted molar refractivity (Wildman–Crippen MR) is 137 cm³/mol. The molecule has 188 valence electrons. The Kier molecular flexibility index (Phi) is 6.22. The van der Waals surface area contributed by atoms with Crippen molar-refractivity contribution in [2.75, 3.05) is 52.9 Å². The minimum atomic E-state index is -0.0314. The van der Waals surface area contributed by atoms with Crippen LogP contribution in [-0.4, -0.2) is 94.6 Å². The molecule has 1 aromatic carbocycles. The van der Waals surface area contributed by atoms with Gasteiger partial charge in [-0.05, 0) is 37.6 Å². The lowest BCUT2D eigenvalue weighted by atomic mass is 9.95. The molecule has 1 N–H and O–H groups in total. The number of piperazine rings is 1. The monoisotopic (exact) mass is 506 g/mol. The average molecular weight is 507 g/mol. The molecule has 3 aliphatic heterocycles. The second-order valence-corrected chi connectivity index (χ2v) is 10.9. The highest BCUT2D eigenvalue weighted by Crippen LogP contribution is 2.40. The van der Waals surface area contributed by atoms with Crippen LogP contribution in [-0.2, 0) is 11.2 Å². The van der Waals surface area contributed by atoms with E-state index in [1.54, 1.807) is 6.20 Å². The summed E-state index contributed by atoms with van der Waals surface area (Å²) in [6.45, 7) is 5.20. The van der Waals surface area contributed by atoms with E-state index in [-0.39, 0.29) is 17.7 Å². The van der Waals surface area contributed by atoms with Gasteiger partial charge in [-0.2, -0.15) is 5.10 Å². The molecule has 0 bridgehead atoms. The predicted octanol–water partition coefficient (Wildman–Crippen LogP) is 2.76. The molecule has 5 heterocycles. The number of rotatable bonds is 3. The summed E-state index contributed by atoms with van der Waals surface area (Å²) in [5, 5.41) is 7.40. The zero-order chi connectivity index (χ0) is 24.6. The summed E-state index contributed by atoms with van der Waals surface area (Å²) in [5.74, 6) is 1.01. The largest absolute Gasteiger partial charge is 0.492 e. The lowest BCUT2D eigenvalue weighted by molar-refractivity contribution is -0.138. The molecule has 9 nitrogen and oxygen atoms in total. The first-order chi connectivity index (χ1) is 17.6. The maximum Gasteiger partial charge on any atom is 0.282 e. The molecule has 10 heteroatoms. The number of nitrogens with zero attached hydrogens (tertiary/aromatic N) is 5. The zero-order valence-corrected chi connectivity index (χ0v) is 21.2. The van der Waals surface area contributed by atoms with Crippen molar-refractivity contribution in [3.05, 3.63) is 40.5 Å². The standard InChI is InChI=1S/C26H30N6O3S/c1-30-9-11-32(12-10-30)25(33)17-4-7-31(8-5-17)26(34)24-29-23-20-3-2-18(19-15-27-28-16-19)14-21(20)35-13-6-22(23)36-24/h2-3,14-17H,4-13H2,1H3,(H,27,28). The van der Waals surface area contributed by atoms with Crippen LogP contribution < -0.4 is 4.74 Å².